The number of hydrogen-bond donors (Lipinski definition) is 1. The molecule has 1 heterocycles. The maximum atomic E-state index is 11.6. The van der Waals surface area contributed by atoms with Crippen LogP contribution < -0.4 is 5.32 Å². The zero-order valence-corrected chi connectivity index (χ0v) is 12.2. The predicted molar refractivity (Wildman–Crippen MR) is 81.2 cm³/mol. The van der Waals surface area contributed by atoms with Gasteiger partial charge in [0.1, 0.15) is 0 Å². The van der Waals surface area contributed by atoms with Gasteiger partial charge in [-0.15, -0.1) is 0 Å². The van der Waals surface area contributed by atoms with E-state index in [9.17, 15) is 4.79 Å². The highest BCUT2D eigenvalue weighted by Crippen LogP contribution is 2.22. The van der Waals surface area contributed by atoms with Crippen LogP contribution in [0.25, 0.3) is 0 Å². The number of dihydropyridines is 1. The molecular weight excluding hydrogens is 266 g/mol. The first-order chi connectivity index (χ1) is 10.2. The SMILES string of the molecule is CCOC(=O)CCC1(OCc2ccccc2)C=CC=CN1. The molecule has 0 saturated carbocycles. The number of hydrogen-bond acceptors (Lipinski definition) is 4. The normalized spacial score (nSPS) is 20.0. The van der Waals surface area contributed by atoms with Crippen LogP contribution in [0, 0.1) is 0 Å². The standard InChI is InChI=1S/C17H21NO3/c1-2-20-16(19)10-12-17(11-6-7-13-18-17)21-14-15-8-4-3-5-9-15/h3-9,11,13,18H,2,10,12,14H2,1H3. The molecule has 0 aliphatic carbocycles. The Morgan fingerprint density at radius 2 is 2.05 bits per heavy atom. The van der Waals surface area contributed by atoms with Crippen molar-refractivity contribution in [2.45, 2.75) is 32.1 Å². The average molecular weight is 287 g/mol. The van der Waals surface area contributed by atoms with Crippen molar-refractivity contribution in [2.24, 2.45) is 0 Å². The third kappa shape index (κ3) is 4.76. The topological polar surface area (TPSA) is 47.6 Å². The minimum atomic E-state index is -0.655. The molecule has 0 radical (unpaired) electrons. The number of nitrogens with one attached hydrogen (secondary N) is 1. The number of benzene rings is 1. The lowest BCUT2D eigenvalue weighted by molar-refractivity contribution is -0.145. The minimum Gasteiger partial charge on any atom is -0.466 e. The molecule has 0 saturated heterocycles. The van der Waals surface area contributed by atoms with Gasteiger partial charge in [-0.2, -0.15) is 0 Å². The number of rotatable bonds is 7. The number of esters is 1. The molecule has 2 rings (SSSR count). The van der Waals surface area contributed by atoms with Crippen molar-refractivity contribution >= 4 is 5.97 Å². The van der Waals surface area contributed by atoms with Gasteiger partial charge < -0.3 is 14.8 Å². The zero-order valence-electron chi connectivity index (χ0n) is 12.2. The van der Waals surface area contributed by atoms with Crippen LogP contribution in [-0.2, 0) is 20.9 Å². The van der Waals surface area contributed by atoms with E-state index in [2.05, 4.69) is 5.32 Å². The second-order valence-electron chi connectivity index (χ2n) is 4.83. The highest BCUT2D eigenvalue weighted by Gasteiger charge is 2.28. The Morgan fingerprint density at radius 1 is 1.24 bits per heavy atom. The Balaban J connectivity index is 1.95. The fourth-order valence-corrected chi connectivity index (χ4v) is 2.13. The molecule has 0 bridgehead atoms. The largest absolute Gasteiger partial charge is 0.466 e. The molecule has 1 aromatic rings. The summed E-state index contributed by atoms with van der Waals surface area (Å²) in [6.07, 6.45) is 8.43. The third-order valence-corrected chi connectivity index (χ3v) is 3.25. The molecule has 0 amide bonds. The Kier molecular flexibility index (Phi) is 5.58. The van der Waals surface area contributed by atoms with E-state index in [0.717, 1.165) is 5.56 Å². The number of allylic oxidation sites excluding steroid dienone is 2. The molecule has 1 aromatic carbocycles. The lowest BCUT2D eigenvalue weighted by Gasteiger charge is -2.32. The first kappa shape index (κ1) is 15.3. The van der Waals surface area contributed by atoms with Crippen LogP contribution >= 0.6 is 0 Å². The lowest BCUT2D eigenvalue weighted by Crippen LogP contribution is -2.44. The van der Waals surface area contributed by atoms with Crippen molar-refractivity contribution < 1.29 is 14.3 Å². The van der Waals surface area contributed by atoms with Crippen LogP contribution in [0.4, 0.5) is 0 Å². The fourth-order valence-electron chi connectivity index (χ4n) is 2.13. The zero-order chi connectivity index (χ0) is 15.0. The first-order valence-electron chi connectivity index (χ1n) is 7.20. The van der Waals surface area contributed by atoms with Crippen molar-refractivity contribution in [3.63, 3.8) is 0 Å². The first-order valence-corrected chi connectivity index (χ1v) is 7.20. The number of carbonyl (C=O) groups excluding carboxylic acids is 1. The Morgan fingerprint density at radius 3 is 2.71 bits per heavy atom. The van der Waals surface area contributed by atoms with Crippen LogP contribution in [-0.4, -0.2) is 18.3 Å². The Hall–Kier alpha value is -2.07. The van der Waals surface area contributed by atoms with Gasteiger partial charge in [-0.3, -0.25) is 4.79 Å². The van der Waals surface area contributed by atoms with Crippen molar-refractivity contribution in [3.8, 4) is 0 Å². The molecule has 0 aromatic heterocycles. The molecule has 21 heavy (non-hydrogen) atoms. The van der Waals surface area contributed by atoms with Crippen molar-refractivity contribution in [3.05, 3.63) is 60.3 Å². The fraction of sp³-hybridized carbons (Fsp3) is 0.353. The lowest BCUT2D eigenvalue weighted by atomic mass is 10.0. The highest BCUT2D eigenvalue weighted by molar-refractivity contribution is 5.69. The minimum absolute atomic E-state index is 0.204. The van der Waals surface area contributed by atoms with Crippen LogP contribution in [0.2, 0.25) is 0 Å². The molecule has 0 spiro atoms. The van der Waals surface area contributed by atoms with Crippen LogP contribution in [0.1, 0.15) is 25.3 Å². The molecule has 1 aliphatic heterocycles. The molecule has 1 N–H and O–H groups in total. The average Bonchev–Trinajstić information content (AvgIpc) is 2.54. The second-order valence-corrected chi connectivity index (χ2v) is 4.83. The van der Waals surface area contributed by atoms with E-state index in [0.29, 0.717) is 26.1 Å². The maximum absolute atomic E-state index is 11.6. The van der Waals surface area contributed by atoms with E-state index < -0.39 is 5.72 Å². The van der Waals surface area contributed by atoms with E-state index in [1.165, 1.54) is 0 Å². The molecule has 1 atom stereocenters. The van der Waals surface area contributed by atoms with E-state index in [1.807, 2.05) is 54.8 Å². The van der Waals surface area contributed by atoms with Crippen LogP contribution in [0.3, 0.4) is 0 Å². The summed E-state index contributed by atoms with van der Waals surface area (Å²) in [5, 5.41) is 3.20. The van der Waals surface area contributed by atoms with Crippen molar-refractivity contribution in [2.75, 3.05) is 6.61 Å². The van der Waals surface area contributed by atoms with E-state index in [4.69, 9.17) is 9.47 Å². The quantitative estimate of drug-likeness (QED) is 0.783. The van der Waals surface area contributed by atoms with Gasteiger partial charge >= 0.3 is 5.97 Å². The van der Waals surface area contributed by atoms with Gasteiger partial charge in [-0.05, 0) is 30.8 Å². The monoisotopic (exact) mass is 287 g/mol. The van der Waals surface area contributed by atoms with Crippen LogP contribution in [0.15, 0.2) is 54.8 Å². The van der Waals surface area contributed by atoms with Gasteiger partial charge in [0.25, 0.3) is 0 Å². The second kappa shape index (κ2) is 7.64. The summed E-state index contributed by atoms with van der Waals surface area (Å²) < 4.78 is 11.0. The van der Waals surface area contributed by atoms with Gasteiger partial charge in [0.05, 0.1) is 19.6 Å². The summed E-state index contributed by atoms with van der Waals surface area (Å²) in [6.45, 7) is 2.69. The van der Waals surface area contributed by atoms with E-state index >= 15 is 0 Å². The molecule has 112 valence electrons. The molecule has 4 heteroatoms. The molecule has 1 unspecified atom stereocenters. The summed E-state index contributed by atoms with van der Waals surface area (Å²) in [5.74, 6) is -0.204. The van der Waals surface area contributed by atoms with E-state index in [1.54, 1.807) is 6.92 Å². The van der Waals surface area contributed by atoms with Gasteiger partial charge in [0, 0.05) is 6.42 Å². The molecular formula is C17H21NO3. The summed E-state index contributed by atoms with van der Waals surface area (Å²) in [6, 6.07) is 9.96. The molecule has 1 aliphatic rings. The summed E-state index contributed by atoms with van der Waals surface area (Å²) in [7, 11) is 0. The maximum Gasteiger partial charge on any atom is 0.305 e. The van der Waals surface area contributed by atoms with Gasteiger partial charge in [0.15, 0.2) is 5.72 Å². The summed E-state index contributed by atoms with van der Waals surface area (Å²) in [5.41, 5.74) is 0.440. The van der Waals surface area contributed by atoms with Crippen LogP contribution in [0.5, 0.6) is 0 Å². The summed E-state index contributed by atoms with van der Waals surface area (Å²) >= 11 is 0. The van der Waals surface area contributed by atoms with Gasteiger partial charge in [-0.25, -0.2) is 0 Å². The third-order valence-electron chi connectivity index (χ3n) is 3.25. The Bertz CT molecular complexity index is 510. The van der Waals surface area contributed by atoms with Crippen molar-refractivity contribution in [1.29, 1.82) is 0 Å². The van der Waals surface area contributed by atoms with Gasteiger partial charge in [0.2, 0.25) is 0 Å². The number of carbonyl (C=O) groups is 1. The number of ether oxygens (including phenoxy) is 2. The molecule has 4 nitrogen and oxygen atoms in total. The highest BCUT2D eigenvalue weighted by atomic mass is 16.5. The Labute approximate surface area is 125 Å². The smallest absolute Gasteiger partial charge is 0.305 e. The predicted octanol–water partition coefficient (Wildman–Crippen LogP) is 2.92. The van der Waals surface area contributed by atoms with Crippen molar-refractivity contribution in [1.82, 2.24) is 5.32 Å². The van der Waals surface area contributed by atoms with Gasteiger partial charge in [-0.1, -0.05) is 36.4 Å². The molecule has 0 fully saturated rings. The summed E-state index contributed by atoms with van der Waals surface area (Å²) in [4.78, 5) is 11.6. The van der Waals surface area contributed by atoms with E-state index in [-0.39, 0.29) is 5.97 Å².